The normalized spacial score (nSPS) is 16.9. The first-order valence-corrected chi connectivity index (χ1v) is 9.90. The van der Waals surface area contributed by atoms with Crippen LogP contribution in [0.25, 0.3) is 0 Å². The van der Waals surface area contributed by atoms with Crippen molar-refractivity contribution in [3.05, 3.63) is 65.2 Å². The van der Waals surface area contributed by atoms with Gasteiger partial charge in [-0.1, -0.05) is 36.4 Å². The zero-order valence-corrected chi connectivity index (χ0v) is 15.7. The summed E-state index contributed by atoms with van der Waals surface area (Å²) in [6.07, 6.45) is 2.12. The van der Waals surface area contributed by atoms with Gasteiger partial charge in [-0.25, -0.2) is 0 Å². The molecular weight excluding hydrogens is 330 g/mol. The van der Waals surface area contributed by atoms with E-state index in [0.717, 1.165) is 30.9 Å². The molecule has 1 aliphatic heterocycles. The van der Waals surface area contributed by atoms with Crippen LogP contribution in [0, 0.1) is 6.92 Å². The van der Waals surface area contributed by atoms with Crippen molar-refractivity contribution in [1.82, 2.24) is 4.90 Å². The minimum atomic E-state index is 0.206. The van der Waals surface area contributed by atoms with E-state index in [2.05, 4.69) is 43.3 Å². The molecule has 3 nitrogen and oxygen atoms in total. The average Bonchev–Trinajstić information content (AvgIpc) is 3.13. The predicted octanol–water partition coefficient (Wildman–Crippen LogP) is 4.60. The maximum absolute atomic E-state index is 12.7. The molecule has 1 amide bonds. The van der Waals surface area contributed by atoms with E-state index >= 15 is 0 Å². The highest BCUT2D eigenvalue weighted by molar-refractivity contribution is 7.99. The smallest absolute Gasteiger partial charge is 0.233 e. The van der Waals surface area contributed by atoms with Gasteiger partial charge in [0.2, 0.25) is 5.91 Å². The van der Waals surface area contributed by atoms with Crippen LogP contribution in [0.5, 0.6) is 5.75 Å². The number of nitrogens with zero attached hydrogens (tertiary/aromatic N) is 1. The second kappa shape index (κ2) is 8.43. The molecule has 0 aromatic heterocycles. The van der Waals surface area contributed by atoms with Gasteiger partial charge in [0.05, 0.1) is 18.9 Å². The summed E-state index contributed by atoms with van der Waals surface area (Å²) in [5, 5.41) is 0. The van der Waals surface area contributed by atoms with E-state index in [1.807, 2.05) is 17.0 Å². The molecule has 0 aliphatic carbocycles. The molecule has 132 valence electrons. The highest BCUT2D eigenvalue weighted by Crippen LogP contribution is 2.33. The van der Waals surface area contributed by atoms with Gasteiger partial charge in [-0.2, -0.15) is 0 Å². The molecule has 2 aromatic carbocycles. The lowest BCUT2D eigenvalue weighted by Crippen LogP contribution is -2.32. The van der Waals surface area contributed by atoms with Crippen LogP contribution >= 0.6 is 11.8 Å². The number of carbonyl (C=O) groups is 1. The summed E-state index contributed by atoms with van der Waals surface area (Å²) in [4.78, 5) is 14.8. The third-order valence-corrected chi connectivity index (χ3v) is 5.78. The molecule has 0 saturated carbocycles. The molecule has 0 N–H and O–H groups in total. The molecule has 1 unspecified atom stereocenters. The molecule has 0 radical (unpaired) electrons. The Bertz CT molecular complexity index is 714. The standard InChI is InChI=1S/C21H25NO2S/c1-16-6-3-4-7-18(16)14-25-15-21(23)22-13-5-8-20(22)17-9-11-19(24-2)12-10-17/h3-4,6-7,9-12,20H,5,8,13-15H2,1-2H3. The Kier molecular flexibility index (Phi) is 6.03. The number of rotatable bonds is 6. The van der Waals surface area contributed by atoms with Gasteiger partial charge in [0.25, 0.3) is 0 Å². The lowest BCUT2D eigenvalue weighted by molar-refractivity contribution is -0.129. The summed E-state index contributed by atoms with van der Waals surface area (Å²) in [7, 11) is 1.67. The highest BCUT2D eigenvalue weighted by Gasteiger charge is 2.29. The van der Waals surface area contributed by atoms with Crippen LogP contribution in [0.1, 0.15) is 35.6 Å². The van der Waals surface area contributed by atoms with Gasteiger partial charge in [0, 0.05) is 12.3 Å². The van der Waals surface area contributed by atoms with Crippen molar-refractivity contribution in [2.75, 3.05) is 19.4 Å². The Morgan fingerprint density at radius 3 is 2.68 bits per heavy atom. The Labute approximate surface area is 154 Å². The van der Waals surface area contributed by atoms with Crippen LogP contribution in [0.4, 0.5) is 0 Å². The molecule has 1 fully saturated rings. The van der Waals surface area contributed by atoms with Crippen molar-refractivity contribution in [3.63, 3.8) is 0 Å². The Balaban J connectivity index is 1.58. The summed E-state index contributed by atoms with van der Waals surface area (Å²) in [6, 6.07) is 16.7. The Morgan fingerprint density at radius 2 is 1.96 bits per heavy atom. The first-order chi connectivity index (χ1) is 12.2. The molecule has 3 rings (SSSR count). The largest absolute Gasteiger partial charge is 0.497 e. The lowest BCUT2D eigenvalue weighted by Gasteiger charge is -2.25. The summed E-state index contributed by atoms with van der Waals surface area (Å²) in [5.41, 5.74) is 3.81. The monoisotopic (exact) mass is 355 g/mol. The van der Waals surface area contributed by atoms with Crippen LogP contribution in [-0.2, 0) is 10.5 Å². The zero-order chi connectivity index (χ0) is 17.6. The summed E-state index contributed by atoms with van der Waals surface area (Å²) in [6.45, 7) is 2.98. The first kappa shape index (κ1) is 17.9. The minimum absolute atomic E-state index is 0.206. The van der Waals surface area contributed by atoms with E-state index in [4.69, 9.17) is 4.74 Å². The second-order valence-corrected chi connectivity index (χ2v) is 7.42. The van der Waals surface area contributed by atoms with Gasteiger partial charge in [0.15, 0.2) is 0 Å². The number of methoxy groups -OCH3 is 1. The maximum Gasteiger partial charge on any atom is 0.233 e. The first-order valence-electron chi connectivity index (χ1n) is 8.74. The lowest BCUT2D eigenvalue weighted by atomic mass is 10.0. The van der Waals surface area contributed by atoms with E-state index < -0.39 is 0 Å². The van der Waals surface area contributed by atoms with Gasteiger partial charge >= 0.3 is 0 Å². The number of hydrogen-bond acceptors (Lipinski definition) is 3. The summed E-state index contributed by atoms with van der Waals surface area (Å²) < 4.78 is 5.23. The van der Waals surface area contributed by atoms with Gasteiger partial charge in [-0.15, -0.1) is 11.8 Å². The van der Waals surface area contributed by atoms with Crippen molar-refractivity contribution in [2.24, 2.45) is 0 Å². The van der Waals surface area contributed by atoms with Crippen molar-refractivity contribution < 1.29 is 9.53 Å². The van der Waals surface area contributed by atoms with Crippen LogP contribution in [0.15, 0.2) is 48.5 Å². The SMILES string of the molecule is COc1ccc(C2CCCN2C(=O)CSCc2ccccc2C)cc1. The molecular formula is C21H25NO2S. The van der Waals surface area contributed by atoms with Gasteiger partial charge < -0.3 is 9.64 Å². The van der Waals surface area contributed by atoms with Crippen molar-refractivity contribution in [3.8, 4) is 5.75 Å². The highest BCUT2D eigenvalue weighted by atomic mass is 32.2. The molecule has 0 bridgehead atoms. The Morgan fingerprint density at radius 1 is 1.20 bits per heavy atom. The second-order valence-electron chi connectivity index (χ2n) is 6.44. The fourth-order valence-corrected chi connectivity index (χ4v) is 4.33. The van der Waals surface area contributed by atoms with Crippen LogP contribution in [0.3, 0.4) is 0 Å². The van der Waals surface area contributed by atoms with E-state index in [9.17, 15) is 4.79 Å². The average molecular weight is 356 g/mol. The number of aryl methyl sites for hydroxylation is 1. The quantitative estimate of drug-likeness (QED) is 0.758. The van der Waals surface area contributed by atoms with Gasteiger partial charge in [-0.05, 0) is 48.6 Å². The predicted molar refractivity (Wildman–Crippen MR) is 104 cm³/mol. The minimum Gasteiger partial charge on any atom is -0.497 e. The number of ether oxygens (including phenoxy) is 1. The fraction of sp³-hybridized carbons (Fsp3) is 0.381. The van der Waals surface area contributed by atoms with Gasteiger partial charge in [0.1, 0.15) is 5.75 Å². The molecule has 1 saturated heterocycles. The molecule has 2 aromatic rings. The zero-order valence-electron chi connectivity index (χ0n) is 14.9. The van der Waals surface area contributed by atoms with E-state index in [1.54, 1.807) is 18.9 Å². The molecule has 4 heteroatoms. The maximum atomic E-state index is 12.7. The summed E-state index contributed by atoms with van der Waals surface area (Å²) in [5.74, 6) is 2.53. The molecule has 0 spiro atoms. The summed E-state index contributed by atoms with van der Waals surface area (Å²) >= 11 is 1.71. The van der Waals surface area contributed by atoms with E-state index in [-0.39, 0.29) is 11.9 Å². The van der Waals surface area contributed by atoms with Crippen molar-refractivity contribution in [1.29, 1.82) is 0 Å². The molecule has 1 aliphatic rings. The molecule has 1 atom stereocenters. The third-order valence-electron chi connectivity index (χ3n) is 4.82. The van der Waals surface area contributed by atoms with Crippen molar-refractivity contribution in [2.45, 2.75) is 31.6 Å². The fourth-order valence-electron chi connectivity index (χ4n) is 3.34. The number of likely N-dealkylation sites (tertiary alicyclic amines) is 1. The van der Waals surface area contributed by atoms with E-state index in [0.29, 0.717) is 5.75 Å². The molecule has 1 heterocycles. The van der Waals surface area contributed by atoms with Crippen LogP contribution < -0.4 is 4.74 Å². The third kappa shape index (κ3) is 4.37. The number of amides is 1. The number of thioether (sulfide) groups is 1. The Hall–Kier alpha value is -1.94. The number of carbonyl (C=O) groups excluding carboxylic acids is 1. The van der Waals surface area contributed by atoms with E-state index in [1.165, 1.54) is 16.7 Å². The van der Waals surface area contributed by atoms with Crippen LogP contribution in [0.2, 0.25) is 0 Å². The van der Waals surface area contributed by atoms with Gasteiger partial charge in [-0.3, -0.25) is 4.79 Å². The topological polar surface area (TPSA) is 29.5 Å². The molecule has 25 heavy (non-hydrogen) atoms. The number of hydrogen-bond donors (Lipinski definition) is 0. The van der Waals surface area contributed by atoms with Crippen LogP contribution in [-0.4, -0.2) is 30.2 Å². The van der Waals surface area contributed by atoms with Crippen molar-refractivity contribution >= 4 is 17.7 Å². The number of benzene rings is 2.